The molecule has 2 aromatic carbocycles. The van der Waals surface area contributed by atoms with E-state index in [9.17, 15) is 14.4 Å². The number of amides is 3. The maximum absolute atomic E-state index is 13.0. The van der Waals surface area contributed by atoms with E-state index in [0.29, 0.717) is 17.9 Å². The number of hydroxylamine groups is 1. The van der Waals surface area contributed by atoms with Gasteiger partial charge in [-0.15, -0.1) is 0 Å². The summed E-state index contributed by atoms with van der Waals surface area (Å²) in [5.74, 6) is -0.721. The standard InChI is InChI=1S/C29H34N4O6/c1-18-13-21(23-7-5-6-8-24(23)30-18)17-38-22-11-9-19(10-12-22)27(35)31-25-16-33(28(36)39-29(2,3)4)15-20(25)14-26(34)32-37/h5-13,20,25,37H,14-17H2,1-4H3,(H,31,35)(H,32,34)/t20-,25+/m0/s1. The van der Waals surface area contributed by atoms with Crippen molar-refractivity contribution in [3.63, 3.8) is 0 Å². The molecule has 0 saturated carbocycles. The Labute approximate surface area is 227 Å². The van der Waals surface area contributed by atoms with Crippen LogP contribution in [0.5, 0.6) is 5.75 Å². The van der Waals surface area contributed by atoms with Crippen LogP contribution in [-0.2, 0) is 16.1 Å². The second kappa shape index (κ2) is 11.7. The van der Waals surface area contributed by atoms with Gasteiger partial charge >= 0.3 is 6.09 Å². The van der Waals surface area contributed by atoms with Gasteiger partial charge in [0.25, 0.3) is 5.91 Å². The molecule has 3 amide bonds. The number of ether oxygens (including phenoxy) is 2. The summed E-state index contributed by atoms with van der Waals surface area (Å²) >= 11 is 0. The van der Waals surface area contributed by atoms with E-state index in [1.807, 2.05) is 37.3 Å². The number of likely N-dealkylation sites (tertiary alicyclic amines) is 1. The summed E-state index contributed by atoms with van der Waals surface area (Å²) in [5, 5.41) is 12.9. The van der Waals surface area contributed by atoms with E-state index >= 15 is 0 Å². The SMILES string of the molecule is Cc1cc(COc2ccc(C(=O)N[C@@H]3CN(C(=O)OC(C)(C)C)C[C@@H]3CC(=O)NO)cc2)c2ccccc2n1. The van der Waals surface area contributed by atoms with Gasteiger partial charge in [-0.25, -0.2) is 10.3 Å². The van der Waals surface area contributed by atoms with Gasteiger partial charge in [-0.2, -0.15) is 0 Å². The lowest BCUT2D eigenvalue weighted by Gasteiger charge is -2.24. The summed E-state index contributed by atoms with van der Waals surface area (Å²) < 4.78 is 11.4. The first kappa shape index (κ1) is 27.8. The number of hydrogen-bond donors (Lipinski definition) is 3. The number of pyridine rings is 1. The quantitative estimate of drug-likeness (QED) is 0.309. The Morgan fingerprint density at radius 2 is 1.79 bits per heavy atom. The van der Waals surface area contributed by atoms with Gasteiger partial charge in [0.2, 0.25) is 5.91 Å². The minimum Gasteiger partial charge on any atom is -0.489 e. The van der Waals surface area contributed by atoms with Gasteiger partial charge in [-0.3, -0.25) is 19.8 Å². The van der Waals surface area contributed by atoms with Crippen molar-refractivity contribution in [2.75, 3.05) is 13.1 Å². The van der Waals surface area contributed by atoms with Crippen LogP contribution in [0.1, 0.15) is 48.8 Å². The molecule has 39 heavy (non-hydrogen) atoms. The summed E-state index contributed by atoms with van der Waals surface area (Å²) in [7, 11) is 0. The van der Waals surface area contributed by atoms with Crippen LogP contribution >= 0.6 is 0 Å². The Kier molecular flexibility index (Phi) is 8.35. The molecule has 3 N–H and O–H groups in total. The summed E-state index contributed by atoms with van der Waals surface area (Å²) in [5.41, 5.74) is 4.20. The number of para-hydroxylation sites is 1. The number of fused-ring (bicyclic) bond motifs is 1. The fraction of sp³-hybridized carbons (Fsp3) is 0.379. The highest BCUT2D eigenvalue weighted by Crippen LogP contribution is 2.24. The Balaban J connectivity index is 1.40. The van der Waals surface area contributed by atoms with Crippen molar-refractivity contribution in [2.24, 2.45) is 5.92 Å². The van der Waals surface area contributed by atoms with Crippen LogP contribution in [0.3, 0.4) is 0 Å². The summed E-state index contributed by atoms with van der Waals surface area (Å²) in [6, 6.07) is 16.2. The average molecular weight is 535 g/mol. The van der Waals surface area contributed by atoms with Crippen LogP contribution in [0, 0.1) is 12.8 Å². The minimum absolute atomic E-state index is 0.0588. The number of nitrogens with one attached hydrogen (secondary N) is 2. The lowest BCUT2D eigenvalue weighted by atomic mass is 9.99. The second-order valence-corrected chi connectivity index (χ2v) is 10.7. The molecule has 10 heteroatoms. The molecule has 0 aliphatic carbocycles. The molecule has 3 aromatic rings. The zero-order chi connectivity index (χ0) is 28.2. The van der Waals surface area contributed by atoms with E-state index in [1.54, 1.807) is 50.5 Å². The number of hydrogen-bond acceptors (Lipinski definition) is 7. The number of nitrogens with zero attached hydrogens (tertiary/aromatic N) is 2. The van der Waals surface area contributed by atoms with Gasteiger partial charge in [0.05, 0.1) is 11.6 Å². The van der Waals surface area contributed by atoms with Gasteiger partial charge in [-0.1, -0.05) is 18.2 Å². The molecular formula is C29H34N4O6. The first-order valence-corrected chi connectivity index (χ1v) is 12.8. The molecule has 4 rings (SSSR count). The smallest absolute Gasteiger partial charge is 0.410 e. The van der Waals surface area contributed by atoms with Crippen LogP contribution in [-0.4, -0.2) is 57.7 Å². The molecule has 2 atom stereocenters. The van der Waals surface area contributed by atoms with E-state index in [4.69, 9.17) is 14.7 Å². The summed E-state index contributed by atoms with van der Waals surface area (Å²) in [6.07, 6.45) is -0.580. The third-order valence-corrected chi connectivity index (χ3v) is 6.42. The van der Waals surface area contributed by atoms with Crippen molar-refractivity contribution in [1.82, 2.24) is 20.7 Å². The van der Waals surface area contributed by atoms with Gasteiger partial charge in [0.15, 0.2) is 0 Å². The van der Waals surface area contributed by atoms with Crippen LogP contribution in [0.15, 0.2) is 54.6 Å². The van der Waals surface area contributed by atoms with Crippen molar-refractivity contribution >= 4 is 28.8 Å². The topological polar surface area (TPSA) is 130 Å². The number of carbonyl (C=O) groups excluding carboxylic acids is 3. The van der Waals surface area contributed by atoms with Crippen molar-refractivity contribution in [3.05, 3.63) is 71.4 Å². The van der Waals surface area contributed by atoms with Gasteiger partial charge in [0.1, 0.15) is 18.0 Å². The van der Waals surface area contributed by atoms with E-state index < -0.39 is 29.6 Å². The molecule has 1 aliphatic heterocycles. The van der Waals surface area contributed by atoms with Crippen LogP contribution in [0.25, 0.3) is 10.9 Å². The van der Waals surface area contributed by atoms with Gasteiger partial charge < -0.3 is 19.7 Å². The highest BCUT2D eigenvalue weighted by atomic mass is 16.6. The molecule has 0 bridgehead atoms. The molecule has 0 radical (unpaired) electrons. The highest BCUT2D eigenvalue weighted by Gasteiger charge is 2.39. The summed E-state index contributed by atoms with van der Waals surface area (Å²) in [4.78, 5) is 43.5. The molecule has 10 nitrogen and oxygen atoms in total. The zero-order valence-electron chi connectivity index (χ0n) is 22.6. The fourth-order valence-corrected chi connectivity index (χ4v) is 4.63. The van der Waals surface area contributed by atoms with Gasteiger partial charge in [0, 0.05) is 47.6 Å². The zero-order valence-corrected chi connectivity index (χ0v) is 22.6. The maximum Gasteiger partial charge on any atom is 0.410 e. The average Bonchev–Trinajstić information content (AvgIpc) is 3.28. The van der Waals surface area contributed by atoms with E-state index in [1.165, 1.54) is 4.90 Å². The Morgan fingerprint density at radius 3 is 2.49 bits per heavy atom. The van der Waals surface area contributed by atoms with Crippen LogP contribution < -0.4 is 15.5 Å². The number of carbonyl (C=O) groups is 3. The molecule has 1 fully saturated rings. The lowest BCUT2D eigenvalue weighted by Crippen LogP contribution is -2.42. The van der Waals surface area contributed by atoms with Crippen LogP contribution in [0.4, 0.5) is 4.79 Å². The van der Waals surface area contributed by atoms with Gasteiger partial charge in [-0.05, 0) is 64.1 Å². The minimum atomic E-state index is -0.677. The van der Waals surface area contributed by atoms with Crippen molar-refractivity contribution < 1.29 is 29.1 Å². The summed E-state index contributed by atoms with van der Waals surface area (Å²) in [6.45, 7) is 8.00. The number of aryl methyl sites for hydroxylation is 1. The van der Waals surface area contributed by atoms with Crippen LogP contribution in [0.2, 0.25) is 0 Å². The fourth-order valence-electron chi connectivity index (χ4n) is 4.63. The molecule has 1 aliphatic rings. The van der Waals surface area contributed by atoms with Crippen molar-refractivity contribution in [3.8, 4) is 5.75 Å². The number of benzene rings is 2. The third kappa shape index (κ3) is 7.23. The third-order valence-electron chi connectivity index (χ3n) is 6.42. The number of rotatable bonds is 7. The van der Waals surface area contributed by atoms with E-state index in [2.05, 4.69) is 10.3 Å². The molecule has 0 spiro atoms. The Hall–Kier alpha value is -4.18. The van der Waals surface area contributed by atoms with Crippen molar-refractivity contribution in [1.29, 1.82) is 0 Å². The molecule has 0 unspecified atom stereocenters. The Bertz CT molecular complexity index is 1350. The molecule has 1 saturated heterocycles. The normalized spacial score (nSPS) is 17.1. The van der Waals surface area contributed by atoms with E-state index in [0.717, 1.165) is 22.2 Å². The predicted octanol–water partition coefficient (Wildman–Crippen LogP) is 3.98. The van der Waals surface area contributed by atoms with E-state index in [-0.39, 0.29) is 25.4 Å². The monoisotopic (exact) mass is 534 g/mol. The molecule has 2 heterocycles. The molecule has 1 aromatic heterocycles. The van der Waals surface area contributed by atoms with Crippen molar-refractivity contribution in [2.45, 2.75) is 52.4 Å². The Morgan fingerprint density at radius 1 is 1.08 bits per heavy atom. The first-order valence-electron chi connectivity index (χ1n) is 12.8. The largest absolute Gasteiger partial charge is 0.489 e. The first-order chi connectivity index (χ1) is 18.5. The predicted molar refractivity (Wildman–Crippen MR) is 144 cm³/mol. The second-order valence-electron chi connectivity index (χ2n) is 10.7. The lowest BCUT2D eigenvalue weighted by molar-refractivity contribution is -0.130. The molecular weight excluding hydrogens is 500 g/mol. The number of aromatic nitrogens is 1. The maximum atomic E-state index is 13.0. The highest BCUT2D eigenvalue weighted by molar-refractivity contribution is 5.94. The molecule has 206 valence electrons.